The molecule has 1 aliphatic rings. The largest absolute Gasteiger partial charge is 0.414 e. The molecule has 4 aromatic rings. The number of halogens is 1. The van der Waals surface area contributed by atoms with Crippen LogP contribution in [-0.4, -0.2) is 34.1 Å². The molecule has 5 rings (SSSR count). The number of amides is 2. The topological polar surface area (TPSA) is 108 Å². The summed E-state index contributed by atoms with van der Waals surface area (Å²) in [5.74, 6) is -0.868. The first-order valence-corrected chi connectivity index (χ1v) is 9.73. The number of imidazole rings is 1. The summed E-state index contributed by atoms with van der Waals surface area (Å²) in [5, 5.41) is 14.3. The average Bonchev–Trinajstić information content (AvgIpc) is 3.30. The minimum absolute atomic E-state index is 0.0122. The van der Waals surface area contributed by atoms with Crippen molar-refractivity contribution in [3.63, 3.8) is 0 Å². The summed E-state index contributed by atoms with van der Waals surface area (Å²) in [7, 11) is 1.43. The monoisotopic (exact) mass is 432 g/mol. The first kappa shape index (κ1) is 19.7. The van der Waals surface area contributed by atoms with Gasteiger partial charge in [0, 0.05) is 29.4 Å². The number of rotatable bonds is 3. The lowest BCUT2D eigenvalue weighted by Gasteiger charge is -2.34. The van der Waals surface area contributed by atoms with Crippen molar-refractivity contribution in [3.05, 3.63) is 89.2 Å². The van der Waals surface area contributed by atoms with Crippen LogP contribution < -0.4 is 15.0 Å². The number of aliphatic hydroxyl groups is 1. The molecule has 9 heteroatoms. The number of hydrogen-bond donors (Lipinski definition) is 3. The first-order valence-electron chi connectivity index (χ1n) is 9.73. The van der Waals surface area contributed by atoms with Crippen LogP contribution in [0.25, 0.3) is 11.0 Å². The molecule has 1 aliphatic heterocycles. The van der Waals surface area contributed by atoms with Gasteiger partial charge in [0.1, 0.15) is 5.82 Å². The maximum absolute atomic E-state index is 13.5. The fourth-order valence-corrected chi connectivity index (χ4v) is 3.93. The summed E-state index contributed by atoms with van der Waals surface area (Å²) in [6.45, 7) is 0. The highest BCUT2D eigenvalue weighted by molar-refractivity contribution is 6.12. The Bertz CT molecular complexity index is 1370. The SMILES string of the molecule is CNC(=O)Oc1nc2ccc(C3(O)c4ccccc4C(=O)N3c3ccc(F)cc3)cc2[nH]1. The fraction of sp³-hybridized carbons (Fsp3) is 0.0870. The second-order valence-corrected chi connectivity index (χ2v) is 7.25. The summed E-state index contributed by atoms with van der Waals surface area (Å²) in [6, 6.07) is 17.0. The van der Waals surface area contributed by atoms with Crippen molar-refractivity contribution in [1.82, 2.24) is 15.3 Å². The maximum Gasteiger partial charge on any atom is 0.414 e. The molecule has 0 spiro atoms. The number of carbonyl (C=O) groups excluding carboxylic acids is 2. The van der Waals surface area contributed by atoms with Gasteiger partial charge in [0.25, 0.3) is 5.91 Å². The van der Waals surface area contributed by atoms with Gasteiger partial charge in [-0.05, 0) is 42.5 Å². The van der Waals surface area contributed by atoms with Gasteiger partial charge < -0.3 is 20.1 Å². The Morgan fingerprint density at radius 1 is 1.16 bits per heavy atom. The summed E-state index contributed by atoms with van der Waals surface area (Å²) in [6.07, 6.45) is -0.680. The molecular formula is C23H17FN4O4. The van der Waals surface area contributed by atoms with Crippen molar-refractivity contribution in [2.24, 2.45) is 0 Å². The van der Waals surface area contributed by atoms with Gasteiger partial charge >= 0.3 is 12.1 Å². The molecule has 3 N–H and O–H groups in total. The lowest BCUT2D eigenvalue weighted by Crippen LogP contribution is -2.45. The normalized spacial score (nSPS) is 17.5. The Morgan fingerprint density at radius 2 is 1.91 bits per heavy atom. The Balaban J connectivity index is 1.67. The Hall–Kier alpha value is -4.24. The zero-order chi connectivity index (χ0) is 22.5. The van der Waals surface area contributed by atoms with E-state index in [-0.39, 0.29) is 6.01 Å². The van der Waals surface area contributed by atoms with Gasteiger partial charge in [0.2, 0.25) is 0 Å². The summed E-state index contributed by atoms with van der Waals surface area (Å²) in [5.41, 5.74) is 0.592. The van der Waals surface area contributed by atoms with Crippen LogP contribution in [0.15, 0.2) is 66.7 Å². The van der Waals surface area contributed by atoms with Crippen LogP contribution in [0.2, 0.25) is 0 Å². The molecule has 0 radical (unpaired) electrons. The van der Waals surface area contributed by atoms with E-state index in [1.54, 1.807) is 42.5 Å². The number of ether oxygens (including phenoxy) is 1. The molecule has 0 saturated heterocycles. The molecule has 32 heavy (non-hydrogen) atoms. The molecule has 3 aromatic carbocycles. The lowest BCUT2D eigenvalue weighted by molar-refractivity contribution is 0.0704. The second-order valence-electron chi connectivity index (χ2n) is 7.25. The maximum atomic E-state index is 13.5. The van der Waals surface area contributed by atoms with E-state index in [2.05, 4.69) is 15.3 Å². The van der Waals surface area contributed by atoms with E-state index in [1.807, 2.05) is 0 Å². The zero-order valence-corrected chi connectivity index (χ0v) is 16.8. The first-order chi connectivity index (χ1) is 15.4. The van der Waals surface area contributed by atoms with Gasteiger partial charge in [0.15, 0.2) is 5.72 Å². The fourth-order valence-electron chi connectivity index (χ4n) is 3.93. The van der Waals surface area contributed by atoms with Crippen LogP contribution in [0.5, 0.6) is 6.01 Å². The van der Waals surface area contributed by atoms with E-state index in [0.717, 1.165) is 0 Å². The molecule has 160 valence electrons. The minimum atomic E-state index is -1.85. The Morgan fingerprint density at radius 3 is 2.66 bits per heavy atom. The van der Waals surface area contributed by atoms with Gasteiger partial charge in [-0.2, -0.15) is 4.98 Å². The number of nitrogens with one attached hydrogen (secondary N) is 2. The molecule has 0 fully saturated rings. The van der Waals surface area contributed by atoms with Crippen LogP contribution in [-0.2, 0) is 5.72 Å². The molecule has 1 atom stereocenters. The van der Waals surface area contributed by atoms with Crippen molar-refractivity contribution in [3.8, 4) is 6.01 Å². The third-order valence-corrected chi connectivity index (χ3v) is 5.40. The zero-order valence-electron chi connectivity index (χ0n) is 16.8. The molecule has 2 amide bonds. The van der Waals surface area contributed by atoms with E-state index >= 15 is 0 Å². The highest BCUT2D eigenvalue weighted by atomic mass is 19.1. The van der Waals surface area contributed by atoms with Crippen molar-refractivity contribution in [2.75, 3.05) is 11.9 Å². The van der Waals surface area contributed by atoms with Crippen LogP contribution in [0.1, 0.15) is 21.5 Å². The number of carbonyl (C=O) groups is 2. The minimum Gasteiger partial charge on any atom is -0.375 e. The van der Waals surface area contributed by atoms with Crippen molar-refractivity contribution >= 4 is 28.7 Å². The Labute approximate surface area is 181 Å². The third kappa shape index (κ3) is 2.90. The predicted molar refractivity (Wildman–Crippen MR) is 114 cm³/mol. The summed E-state index contributed by atoms with van der Waals surface area (Å²) >= 11 is 0. The second kappa shape index (κ2) is 7.17. The van der Waals surface area contributed by atoms with Crippen molar-refractivity contribution in [1.29, 1.82) is 0 Å². The molecule has 1 aromatic heterocycles. The number of fused-ring (bicyclic) bond motifs is 2. The Kier molecular flexibility index (Phi) is 4.42. The summed E-state index contributed by atoms with van der Waals surface area (Å²) < 4.78 is 18.6. The van der Waals surface area contributed by atoms with Gasteiger partial charge in [-0.3, -0.25) is 9.69 Å². The number of H-pyrrole nitrogens is 1. The number of hydrogen-bond acceptors (Lipinski definition) is 5. The molecular weight excluding hydrogens is 415 g/mol. The molecule has 1 unspecified atom stereocenters. The quantitative estimate of drug-likeness (QED) is 0.461. The van der Waals surface area contributed by atoms with Gasteiger partial charge in [-0.25, -0.2) is 9.18 Å². The van der Waals surface area contributed by atoms with Gasteiger partial charge in [-0.15, -0.1) is 0 Å². The van der Waals surface area contributed by atoms with Crippen molar-refractivity contribution < 1.29 is 23.8 Å². The number of nitrogens with zero attached hydrogens (tertiary/aromatic N) is 2. The van der Waals surface area contributed by atoms with Crippen LogP contribution in [0, 0.1) is 5.82 Å². The van der Waals surface area contributed by atoms with E-state index in [4.69, 9.17) is 4.74 Å². The number of benzene rings is 3. The number of anilines is 1. The van der Waals surface area contributed by atoms with Crippen LogP contribution in [0.4, 0.5) is 14.9 Å². The molecule has 0 aliphatic carbocycles. The number of aromatic nitrogens is 2. The highest BCUT2D eigenvalue weighted by Gasteiger charge is 2.50. The standard InChI is InChI=1S/C23H17FN4O4/c1-25-22(30)32-21-26-18-11-6-13(12-19(18)27-21)23(31)17-5-3-2-4-16(17)20(29)28(23)15-9-7-14(24)8-10-15/h2-12,31H,1H3,(H,25,30)(H,26,27). The molecule has 8 nitrogen and oxygen atoms in total. The predicted octanol–water partition coefficient (Wildman–Crippen LogP) is 3.27. The van der Waals surface area contributed by atoms with E-state index in [9.17, 15) is 19.1 Å². The van der Waals surface area contributed by atoms with E-state index in [0.29, 0.717) is 33.4 Å². The third-order valence-electron chi connectivity index (χ3n) is 5.40. The number of aromatic amines is 1. The molecule has 0 bridgehead atoms. The van der Waals surface area contributed by atoms with Crippen molar-refractivity contribution in [2.45, 2.75) is 5.72 Å². The van der Waals surface area contributed by atoms with Gasteiger partial charge in [0.05, 0.1) is 11.0 Å². The molecule has 0 saturated carbocycles. The lowest BCUT2D eigenvalue weighted by atomic mass is 9.93. The smallest absolute Gasteiger partial charge is 0.375 e. The van der Waals surface area contributed by atoms with Crippen LogP contribution in [0.3, 0.4) is 0 Å². The summed E-state index contributed by atoms with van der Waals surface area (Å²) in [4.78, 5) is 33.1. The van der Waals surface area contributed by atoms with E-state index in [1.165, 1.54) is 36.2 Å². The van der Waals surface area contributed by atoms with E-state index < -0.39 is 23.5 Å². The highest BCUT2D eigenvalue weighted by Crippen LogP contribution is 2.45. The average molecular weight is 432 g/mol. The molecule has 2 heterocycles. The van der Waals surface area contributed by atoms with Gasteiger partial charge in [-0.1, -0.05) is 24.3 Å². The van der Waals surface area contributed by atoms with Crippen LogP contribution >= 0.6 is 0 Å².